The number of rotatable bonds is 3. The molecule has 0 saturated carbocycles. The van der Waals surface area contributed by atoms with Crippen LogP contribution in [0.1, 0.15) is 29.3 Å². The molecule has 0 fully saturated rings. The van der Waals surface area contributed by atoms with Crippen LogP contribution in [-0.4, -0.2) is 6.29 Å². The fraction of sp³-hybridized carbons (Fsp3) is 0.300. The monoisotopic (exact) mass is 166 g/mol. The summed E-state index contributed by atoms with van der Waals surface area (Å²) in [5.74, 6) is -0.440. The highest BCUT2D eigenvalue weighted by atomic mass is 19.1. The van der Waals surface area contributed by atoms with Gasteiger partial charge in [0.1, 0.15) is 5.82 Å². The molecule has 0 amide bonds. The van der Waals surface area contributed by atoms with Crippen molar-refractivity contribution in [1.82, 2.24) is 0 Å². The van der Waals surface area contributed by atoms with Crippen molar-refractivity contribution >= 4 is 6.29 Å². The zero-order valence-corrected chi connectivity index (χ0v) is 7.01. The van der Waals surface area contributed by atoms with Crippen molar-refractivity contribution in [3.63, 3.8) is 0 Å². The van der Waals surface area contributed by atoms with Crippen LogP contribution in [0, 0.1) is 5.82 Å². The topological polar surface area (TPSA) is 17.1 Å². The van der Waals surface area contributed by atoms with Crippen LogP contribution in [-0.2, 0) is 6.42 Å². The summed E-state index contributed by atoms with van der Waals surface area (Å²) in [5, 5.41) is 0. The lowest BCUT2D eigenvalue weighted by Crippen LogP contribution is -1.91. The number of carbonyl (C=O) groups is 1. The molecular formula is C10H11FO. The number of hydrogen-bond acceptors (Lipinski definition) is 1. The summed E-state index contributed by atoms with van der Waals surface area (Å²) < 4.78 is 12.8. The van der Waals surface area contributed by atoms with Crippen LogP contribution < -0.4 is 0 Å². The van der Waals surface area contributed by atoms with Crippen molar-refractivity contribution in [1.29, 1.82) is 0 Å². The molecule has 1 aromatic rings. The average Bonchev–Trinajstić information content (AvgIpc) is 2.09. The molecule has 2 heteroatoms. The molecule has 0 spiro atoms. The van der Waals surface area contributed by atoms with E-state index in [0.717, 1.165) is 18.4 Å². The fourth-order valence-electron chi connectivity index (χ4n) is 1.13. The first-order chi connectivity index (χ1) is 5.77. The van der Waals surface area contributed by atoms with Crippen molar-refractivity contribution in [3.8, 4) is 0 Å². The van der Waals surface area contributed by atoms with Crippen molar-refractivity contribution < 1.29 is 9.18 Å². The van der Waals surface area contributed by atoms with Gasteiger partial charge >= 0.3 is 0 Å². The van der Waals surface area contributed by atoms with Gasteiger partial charge in [0, 0.05) is 0 Å². The first-order valence-electron chi connectivity index (χ1n) is 4.01. The van der Waals surface area contributed by atoms with E-state index in [1.165, 1.54) is 6.07 Å². The summed E-state index contributed by atoms with van der Waals surface area (Å²) in [6.07, 6.45) is 2.44. The quantitative estimate of drug-likeness (QED) is 0.631. The van der Waals surface area contributed by atoms with Crippen molar-refractivity contribution in [3.05, 3.63) is 35.1 Å². The maximum absolute atomic E-state index is 12.8. The first-order valence-corrected chi connectivity index (χ1v) is 4.01. The highest BCUT2D eigenvalue weighted by Crippen LogP contribution is 2.09. The lowest BCUT2D eigenvalue weighted by atomic mass is 10.1. The SMILES string of the molecule is CCCc1ccc(F)c(C=O)c1. The Balaban J connectivity index is 2.96. The van der Waals surface area contributed by atoms with Crippen LogP contribution >= 0.6 is 0 Å². The molecule has 0 saturated heterocycles. The van der Waals surface area contributed by atoms with Gasteiger partial charge in [0.05, 0.1) is 5.56 Å². The minimum atomic E-state index is -0.440. The summed E-state index contributed by atoms with van der Waals surface area (Å²) in [4.78, 5) is 10.3. The third kappa shape index (κ3) is 1.91. The second-order valence-electron chi connectivity index (χ2n) is 2.72. The Morgan fingerprint density at radius 1 is 1.50 bits per heavy atom. The van der Waals surface area contributed by atoms with Crippen LogP contribution in [0.15, 0.2) is 18.2 Å². The summed E-state index contributed by atoms with van der Waals surface area (Å²) in [5.41, 5.74) is 1.17. The van der Waals surface area contributed by atoms with Gasteiger partial charge in [-0.2, -0.15) is 0 Å². The molecule has 12 heavy (non-hydrogen) atoms. The van der Waals surface area contributed by atoms with Gasteiger partial charge < -0.3 is 0 Å². The summed E-state index contributed by atoms with van der Waals surface area (Å²) >= 11 is 0. The number of aryl methyl sites for hydroxylation is 1. The van der Waals surface area contributed by atoms with Gasteiger partial charge in [-0.3, -0.25) is 4.79 Å². The predicted molar refractivity (Wildman–Crippen MR) is 45.8 cm³/mol. The van der Waals surface area contributed by atoms with Gasteiger partial charge in [-0.25, -0.2) is 4.39 Å². The Morgan fingerprint density at radius 3 is 2.83 bits per heavy atom. The highest BCUT2D eigenvalue weighted by molar-refractivity contribution is 5.75. The standard InChI is InChI=1S/C10H11FO/c1-2-3-8-4-5-10(11)9(6-8)7-12/h4-7H,2-3H2,1H3. The highest BCUT2D eigenvalue weighted by Gasteiger charge is 2.00. The van der Waals surface area contributed by atoms with Gasteiger partial charge in [0.15, 0.2) is 6.29 Å². The largest absolute Gasteiger partial charge is 0.298 e. The van der Waals surface area contributed by atoms with E-state index in [2.05, 4.69) is 0 Å². The molecule has 0 N–H and O–H groups in total. The number of benzene rings is 1. The summed E-state index contributed by atoms with van der Waals surface area (Å²) in [6.45, 7) is 2.05. The van der Waals surface area contributed by atoms with E-state index in [9.17, 15) is 9.18 Å². The smallest absolute Gasteiger partial charge is 0.153 e. The number of carbonyl (C=O) groups excluding carboxylic acids is 1. The van der Waals surface area contributed by atoms with E-state index in [4.69, 9.17) is 0 Å². The van der Waals surface area contributed by atoms with Crippen LogP contribution in [0.3, 0.4) is 0 Å². The number of hydrogen-bond donors (Lipinski definition) is 0. The number of aldehydes is 1. The van der Waals surface area contributed by atoms with E-state index in [1.54, 1.807) is 12.1 Å². The predicted octanol–water partition coefficient (Wildman–Crippen LogP) is 2.59. The lowest BCUT2D eigenvalue weighted by Gasteiger charge is -1.99. The van der Waals surface area contributed by atoms with Crippen LogP contribution in [0.2, 0.25) is 0 Å². The van der Waals surface area contributed by atoms with E-state index in [-0.39, 0.29) is 5.56 Å². The van der Waals surface area contributed by atoms with Gasteiger partial charge in [-0.05, 0) is 24.1 Å². The van der Waals surface area contributed by atoms with E-state index >= 15 is 0 Å². The molecule has 0 aromatic heterocycles. The minimum absolute atomic E-state index is 0.154. The molecule has 0 bridgehead atoms. The van der Waals surface area contributed by atoms with Gasteiger partial charge in [0.2, 0.25) is 0 Å². The second kappa shape index (κ2) is 4.00. The second-order valence-corrected chi connectivity index (χ2v) is 2.72. The van der Waals surface area contributed by atoms with Gasteiger partial charge in [-0.15, -0.1) is 0 Å². The molecule has 0 aliphatic rings. The lowest BCUT2D eigenvalue weighted by molar-refractivity contribution is 0.111. The van der Waals surface area contributed by atoms with E-state index in [0.29, 0.717) is 6.29 Å². The third-order valence-electron chi connectivity index (χ3n) is 1.73. The Kier molecular flexibility index (Phi) is 2.97. The van der Waals surface area contributed by atoms with Crippen molar-refractivity contribution in [2.45, 2.75) is 19.8 Å². The molecule has 1 nitrogen and oxygen atoms in total. The summed E-state index contributed by atoms with van der Waals surface area (Å²) in [7, 11) is 0. The first kappa shape index (κ1) is 8.91. The van der Waals surface area contributed by atoms with Gasteiger partial charge in [0.25, 0.3) is 0 Å². The van der Waals surface area contributed by atoms with Crippen molar-refractivity contribution in [2.24, 2.45) is 0 Å². The molecular weight excluding hydrogens is 155 g/mol. The molecule has 64 valence electrons. The third-order valence-corrected chi connectivity index (χ3v) is 1.73. The van der Waals surface area contributed by atoms with E-state index in [1.807, 2.05) is 6.92 Å². The Morgan fingerprint density at radius 2 is 2.25 bits per heavy atom. The molecule has 0 radical (unpaired) electrons. The zero-order valence-electron chi connectivity index (χ0n) is 7.01. The molecule has 0 aliphatic carbocycles. The van der Waals surface area contributed by atoms with Crippen molar-refractivity contribution in [2.75, 3.05) is 0 Å². The Bertz CT molecular complexity index is 281. The van der Waals surface area contributed by atoms with E-state index < -0.39 is 5.82 Å². The Hall–Kier alpha value is -1.18. The molecule has 0 unspecified atom stereocenters. The zero-order chi connectivity index (χ0) is 8.97. The van der Waals surface area contributed by atoms with Crippen LogP contribution in [0.25, 0.3) is 0 Å². The molecule has 1 rings (SSSR count). The maximum atomic E-state index is 12.8. The molecule has 0 heterocycles. The Labute approximate surface area is 71.2 Å². The molecule has 1 aromatic carbocycles. The fourth-order valence-corrected chi connectivity index (χ4v) is 1.13. The molecule has 0 aliphatic heterocycles. The maximum Gasteiger partial charge on any atom is 0.153 e. The molecule has 0 atom stereocenters. The van der Waals surface area contributed by atoms with Crippen LogP contribution in [0.5, 0.6) is 0 Å². The van der Waals surface area contributed by atoms with Gasteiger partial charge in [-0.1, -0.05) is 19.4 Å². The number of halogens is 1. The average molecular weight is 166 g/mol. The normalized spacial score (nSPS) is 9.83. The summed E-state index contributed by atoms with van der Waals surface area (Å²) in [6, 6.07) is 4.66. The van der Waals surface area contributed by atoms with Crippen LogP contribution in [0.4, 0.5) is 4.39 Å². The minimum Gasteiger partial charge on any atom is -0.298 e.